The lowest BCUT2D eigenvalue weighted by Crippen LogP contribution is -2.56. The molecule has 1 aliphatic carbocycles. The van der Waals surface area contributed by atoms with Crippen LogP contribution in [0.15, 0.2) is 0 Å². The van der Waals surface area contributed by atoms with Crippen molar-refractivity contribution in [2.24, 2.45) is 11.7 Å². The minimum atomic E-state index is 0.295. The van der Waals surface area contributed by atoms with Crippen LogP contribution in [0, 0.1) is 5.92 Å². The average Bonchev–Trinajstić information content (AvgIpc) is 3.02. The molecule has 2 heteroatoms. The standard InChI is InChI=1S/C15H30N2/c1-3-15(4-2,12-16)17-11-7-10-14(17)13-8-5-6-9-13/h13-14H,3-12,16H2,1-2H3. The molecule has 2 nitrogen and oxygen atoms in total. The summed E-state index contributed by atoms with van der Waals surface area (Å²) in [6, 6.07) is 0.848. The molecule has 100 valence electrons. The summed E-state index contributed by atoms with van der Waals surface area (Å²) in [6.45, 7) is 6.77. The summed E-state index contributed by atoms with van der Waals surface area (Å²) < 4.78 is 0. The van der Waals surface area contributed by atoms with Gasteiger partial charge in [0.25, 0.3) is 0 Å². The van der Waals surface area contributed by atoms with Gasteiger partial charge in [-0.05, 0) is 51.0 Å². The van der Waals surface area contributed by atoms with Crippen molar-refractivity contribution in [2.75, 3.05) is 13.1 Å². The maximum atomic E-state index is 6.13. The Morgan fingerprint density at radius 2 is 1.71 bits per heavy atom. The van der Waals surface area contributed by atoms with Crippen LogP contribution >= 0.6 is 0 Å². The fraction of sp³-hybridized carbons (Fsp3) is 1.00. The van der Waals surface area contributed by atoms with Crippen LogP contribution in [0.1, 0.15) is 65.2 Å². The van der Waals surface area contributed by atoms with E-state index in [4.69, 9.17) is 5.73 Å². The third-order valence-corrected chi connectivity index (χ3v) is 5.55. The molecule has 2 rings (SSSR count). The van der Waals surface area contributed by atoms with Gasteiger partial charge in [0.1, 0.15) is 0 Å². The monoisotopic (exact) mass is 238 g/mol. The molecule has 0 spiro atoms. The molecule has 17 heavy (non-hydrogen) atoms. The average molecular weight is 238 g/mol. The molecule has 2 N–H and O–H groups in total. The molecule has 1 saturated heterocycles. The molecule has 1 heterocycles. The van der Waals surface area contributed by atoms with Gasteiger partial charge in [0.15, 0.2) is 0 Å². The highest BCUT2D eigenvalue weighted by Gasteiger charge is 2.42. The number of hydrogen-bond donors (Lipinski definition) is 1. The lowest BCUT2D eigenvalue weighted by atomic mass is 9.86. The van der Waals surface area contributed by atoms with Gasteiger partial charge < -0.3 is 5.73 Å². The molecular formula is C15H30N2. The van der Waals surface area contributed by atoms with E-state index >= 15 is 0 Å². The van der Waals surface area contributed by atoms with E-state index in [2.05, 4.69) is 18.7 Å². The Bertz CT molecular complexity index is 221. The number of rotatable bonds is 5. The molecule has 2 aliphatic rings. The van der Waals surface area contributed by atoms with E-state index in [9.17, 15) is 0 Å². The normalized spacial score (nSPS) is 28.1. The number of nitrogens with zero attached hydrogens (tertiary/aromatic N) is 1. The van der Waals surface area contributed by atoms with Crippen molar-refractivity contribution in [1.82, 2.24) is 4.90 Å². The lowest BCUT2D eigenvalue weighted by molar-refractivity contribution is 0.0469. The Morgan fingerprint density at radius 1 is 1.06 bits per heavy atom. The van der Waals surface area contributed by atoms with Gasteiger partial charge >= 0.3 is 0 Å². The van der Waals surface area contributed by atoms with Crippen molar-refractivity contribution >= 4 is 0 Å². The predicted molar refractivity (Wildman–Crippen MR) is 74.1 cm³/mol. The summed E-state index contributed by atoms with van der Waals surface area (Å²) in [5, 5.41) is 0. The van der Waals surface area contributed by atoms with Gasteiger partial charge in [0, 0.05) is 18.1 Å². The molecule has 1 aliphatic heterocycles. The minimum Gasteiger partial charge on any atom is -0.329 e. The second-order valence-corrected chi connectivity index (χ2v) is 6.08. The molecule has 1 saturated carbocycles. The zero-order chi connectivity index (χ0) is 12.3. The van der Waals surface area contributed by atoms with Crippen molar-refractivity contribution in [2.45, 2.75) is 76.8 Å². The zero-order valence-corrected chi connectivity index (χ0v) is 11.8. The third kappa shape index (κ3) is 2.39. The smallest absolute Gasteiger partial charge is 0.0329 e. The molecule has 1 unspecified atom stereocenters. The fourth-order valence-electron chi connectivity index (χ4n) is 4.28. The fourth-order valence-corrected chi connectivity index (χ4v) is 4.28. The van der Waals surface area contributed by atoms with Gasteiger partial charge in [-0.2, -0.15) is 0 Å². The van der Waals surface area contributed by atoms with Crippen LogP contribution in [0.3, 0.4) is 0 Å². The molecule has 0 amide bonds. The maximum absolute atomic E-state index is 6.13. The third-order valence-electron chi connectivity index (χ3n) is 5.55. The van der Waals surface area contributed by atoms with Crippen molar-refractivity contribution in [1.29, 1.82) is 0 Å². The number of nitrogens with two attached hydrogens (primary N) is 1. The van der Waals surface area contributed by atoms with Gasteiger partial charge in [0.2, 0.25) is 0 Å². The van der Waals surface area contributed by atoms with Gasteiger partial charge in [0.05, 0.1) is 0 Å². The van der Waals surface area contributed by atoms with E-state index < -0.39 is 0 Å². The molecule has 0 radical (unpaired) electrons. The van der Waals surface area contributed by atoms with E-state index in [0.717, 1.165) is 18.5 Å². The van der Waals surface area contributed by atoms with Gasteiger partial charge in [-0.1, -0.05) is 26.7 Å². The van der Waals surface area contributed by atoms with Crippen LogP contribution in [0.5, 0.6) is 0 Å². The van der Waals surface area contributed by atoms with Crippen molar-refractivity contribution in [3.05, 3.63) is 0 Å². The van der Waals surface area contributed by atoms with Crippen LogP contribution in [0.2, 0.25) is 0 Å². The maximum Gasteiger partial charge on any atom is 0.0329 e. The summed E-state index contributed by atoms with van der Waals surface area (Å²) in [5.41, 5.74) is 6.42. The first-order valence-electron chi connectivity index (χ1n) is 7.74. The Morgan fingerprint density at radius 3 is 2.24 bits per heavy atom. The predicted octanol–water partition coefficient (Wildman–Crippen LogP) is 3.16. The van der Waals surface area contributed by atoms with Crippen molar-refractivity contribution in [3.8, 4) is 0 Å². The summed E-state index contributed by atoms with van der Waals surface area (Å²) in [7, 11) is 0. The Balaban J connectivity index is 2.11. The molecule has 1 atom stereocenters. The Hall–Kier alpha value is -0.0800. The highest BCUT2D eigenvalue weighted by Crippen LogP contribution is 2.40. The first kappa shape index (κ1) is 13.4. The topological polar surface area (TPSA) is 29.3 Å². The quantitative estimate of drug-likeness (QED) is 0.797. The van der Waals surface area contributed by atoms with Gasteiger partial charge in [-0.3, -0.25) is 4.90 Å². The zero-order valence-electron chi connectivity index (χ0n) is 11.8. The first-order chi connectivity index (χ1) is 8.27. The van der Waals surface area contributed by atoms with Crippen LogP contribution in [-0.2, 0) is 0 Å². The second kappa shape index (κ2) is 5.71. The summed E-state index contributed by atoms with van der Waals surface area (Å²) in [6.07, 6.45) is 11.1. The molecule has 0 aromatic heterocycles. The highest BCUT2D eigenvalue weighted by molar-refractivity contribution is 4.98. The highest BCUT2D eigenvalue weighted by atomic mass is 15.3. The molecular weight excluding hydrogens is 208 g/mol. The first-order valence-corrected chi connectivity index (χ1v) is 7.74. The van der Waals surface area contributed by atoms with Gasteiger partial charge in [-0.25, -0.2) is 0 Å². The largest absolute Gasteiger partial charge is 0.329 e. The van der Waals surface area contributed by atoms with Crippen LogP contribution in [-0.4, -0.2) is 29.6 Å². The van der Waals surface area contributed by atoms with Crippen LogP contribution in [0.25, 0.3) is 0 Å². The molecule has 2 fully saturated rings. The van der Waals surface area contributed by atoms with Crippen LogP contribution in [0.4, 0.5) is 0 Å². The second-order valence-electron chi connectivity index (χ2n) is 6.08. The van der Waals surface area contributed by atoms with Crippen molar-refractivity contribution < 1.29 is 0 Å². The van der Waals surface area contributed by atoms with Gasteiger partial charge in [-0.15, -0.1) is 0 Å². The summed E-state index contributed by atoms with van der Waals surface area (Å²) in [5.74, 6) is 0.974. The van der Waals surface area contributed by atoms with E-state index in [1.165, 1.54) is 57.9 Å². The van der Waals surface area contributed by atoms with E-state index in [0.29, 0.717) is 5.54 Å². The Labute approximate surface area is 107 Å². The Kier molecular flexibility index (Phi) is 4.48. The molecule has 0 aromatic carbocycles. The van der Waals surface area contributed by atoms with Crippen molar-refractivity contribution in [3.63, 3.8) is 0 Å². The lowest BCUT2D eigenvalue weighted by Gasteiger charge is -2.45. The molecule has 0 bridgehead atoms. The van der Waals surface area contributed by atoms with E-state index in [1.807, 2.05) is 0 Å². The van der Waals surface area contributed by atoms with E-state index in [1.54, 1.807) is 0 Å². The molecule has 0 aromatic rings. The number of hydrogen-bond acceptors (Lipinski definition) is 2. The number of likely N-dealkylation sites (tertiary alicyclic amines) is 1. The summed E-state index contributed by atoms with van der Waals surface area (Å²) in [4.78, 5) is 2.81. The summed E-state index contributed by atoms with van der Waals surface area (Å²) >= 11 is 0. The SMILES string of the molecule is CCC(CC)(CN)N1CCCC1C1CCCC1. The minimum absolute atomic E-state index is 0.295. The van der Waals surface area contributed by atoms with E-state index in [-0.39, 0.29) is 0 Å². The van der Waals surface area contributed by atoms with Crippen LogP contribution < -0.4 is 5.73 Å².